The van der Waals surface area contributed by atoms with Crippen LogP contribution in [-0.4, -0.2) is 22.2 Å². The molecule has 0 aromatic heterocycles. The van der Waals surface area contributed by atoms with Crippen LogP contribution in [0.1, 0.15) is 18.1 Å². The van der Waals surface area contributed by atoms with Crippen LogP contribution >= 0.6 is 11.6 Å². The number of benzene rings is 1. The van der Waals surface area contributed by atoms with E-state index in [0.717, 1.165) is 0 Å². The Hall–Kier alpha value is -1.75. The Kier molecular flexibility index (Phi) is 2.93. The Morgan fingerprint density at radius 1 is 1.47 bits per heavy atom. The van der Waals surface area contributed by atoms with Crippen molar-refractivity contribution in [2.24, 2.45) is 5.92 Å². The smallest absolute Gasteiger partial charge is 0.311 e. The van der Waals surface area contributed by atoms with E-state index in [9.17, 15) is 14.7 Å². The number of cyclic esters (lactones) is 1. The molecule has 6 heteroatoms. The zero-order valence-corrected chi connectivity index (χ0v) is 9.35. The van der Waals surface area contributed by atoms with Gasteiger partial charge in [-0.2, -0.15) is 0 Å². The van der Waals surface area contributed by atoms with Crippen molar-refractivity contribution in [1.29, 1.82) is 0 Å². The molecule has 0 unspecified atom stereocenters. The van der Waals surface area contributed by atoms with E-state index in [-0.39, 0.29) is 17.2 Å². The van der Waals surface area contributed by atoms with Gasteiger partial charge < -0.3 is 14.9 Å². The Bertz CT molecular complexity index is 485. The molecule has 2 rings (SSSR count). The van der Waals surface area contributed by atoms with Crippen molar-refractivity contribution >= 4 is 23.5 Å². The molecule has 2 N–H and O–H groups in total. The number of rotatable bonds is 2. The molecule has 0 radical (unpaired) electrons. The number of carboxylic acids is 1. The first-order chi connectivity index (χ1) is 7.99. The summed E-state index contributed by atoms with van der Waals surface area (Å²) in [5.74, 6) is -2.66. The molecule has 1 fully saturated rings. The number of carbonyl (C=O) groups excluding carboxylic acids is 1. The molecular formula is C11H9ClO5. The summed E-state index contributed by atoms with van der Waals surface area (Å²) in [5.41, 5.74) is 0.464. The van der Waals surface area contributed by atoms with Gasteiger partial charge in [-0.05, 0) is 17.7 Å². The maximum atomic E-state index is 11.1. The van der Waals surface area contributed by atoms with Crippen molar-refractivity contribution in [2.75, 3.05) is 0 Å². The number of halogens is 1. The van der Waals surface area contributed by atoms with Gasteiger partial charge >= 0.3 is 11.9 Å². The van der Waals surface area contributed by atoms with Gasteiger partial charge in [0.1, 0.15) is 17.8 Å². The van der Waals surface area contributed by atoms with Crippen LogP contribution in [0.4, 0.5) is 0 Å². The van der Waals surface area contributed by atoms with Crippen LogP contribution in [0.15, 0.2) is 18.2 Å². The Balaban J connectivity index is 2.34. The number of phenolic OH excluding ortho intramolecular Hbond substituents is 1. The first-order valence-electron chi connectivity index (χ1n) is 4.89. The monoisotopic (exact) mass is 256 g/mol. The zero-order chi connectivity index (χ0) is 12.6. The number of carboxylic acid groups (broad SMARTS) is 1. The summed E-state index contributed by atoms with van der Waals surface area (Å²) in [6.45, 7) is 0. The second-order valence-electron chi connectivity index (χ2n) is 3.77. The number of hydrogen-bond acceptors (Lipinski definition) is 4. The topological polar surface area (TPSA) is 83.8 Å². The largest absolute Gasteiger partial charge is 0.506 e. The number of ether oxygens (including phenoxy) is 1. The van der Waals surface area contributed by atoms with Crippen LogP contribution in [0, 0.1) is 5.92 Å². The van der Waals surface area contributed by atoms with Gasteiger partial charge in [-0.15, -0.1) is 0 Å². The molecule has 0 bridgehead atoms. The number of carbonyl (C=O) groups is 2. The third-order valence-corrected chi connectivity index (χ3v) is 2.93. The molecule has 1 heterocycles. The average Bonchev–Trinajstić information content (AvgIpc) is 2.64. The first-order valence-corrected chi connectivity index (χ1v) is 5.27. The Labute approximate surface area is 102 Å². The van der Waals surface area contributed by atoms with Gasteiger partial charge in [-0.3, -0.25) is 9.59 Å². The van der Waals surface area contributed by atoms with Gasteiger partial charge in [0.15, 0.2) is 0 Å². The fourth-order valence-electron chi connectivity index (χ4n) is 1.78. The Morgan fingerprint density at radius 2 is 2.18 bits per heavy atom. The van der Waals surface area contributed by atoms with Crippen molar-refractivity contribution in [2.45, 2.75) is 12.5 Å². The van der Waals surface area contributed by atoms with E-state index in [4.69, 9.17) is 21.4 Å². The average molecular weight is 257 g/mol. The van der Waals surface area contributed by atoms with Crippen LogP contribution in [-0.2, 0) is 14.3 Å². The highest BCUT2D eigenvalue weighted by molar-refractivity contribution is 6.32. The van der Waals surface area contributed by atoms with E-state index in [2.05, 4.69) is 0 Å². The summed E-state index contributed by atoms with van der Waals surface area (Å²) >= 11 is 5.72. The van der Waals surface area contributed by atoms with Crippen molar-refractivity contribution in [3.05, 3.63) is 28.8 Å². The van der Waals surface area contributed by atoms with Crippen LogP contribution in [0.2, 0.25) is 5.02 Å². The number of aliphatic carboxylic acids is 1. The molecule has 0 saturated carbocycles. The third kappa shape index (κ3) is 2.19. The summed E-state index contributed by atoms with van der Waals surface area (Å²) in [7, 11) is 0. The minimum atomic E-state index is -1.09. The van der Waals surface area contributed by atoms with Gasteiger partial charge in [0.05, 0.1) is 11.4 Å². The highest BCUT2D eigenvalue weighted by Gasteiger charge is 2.41. The van der Waals surface area contributed by atoms with Crippen LogP contribution in [0.25, 0.3) is 0 Å². The van der Waals surface area contributed by atoms with Crippen LogP contribution in [0.3, 0.4) is 0 Å². The van der Waals surface area contributed by atoms with Crippen molar-refractivity contribution < 1.29 is 24.5 Å². The van der Waals surface area contributed by atoms with Crippen molar-refractivity contribution in [3.8, 4) is 5.75 Å². The summed E-state index contributed by atoms with van der Waals surface area (Å²) in [4.78, 5) is 22.1. The lowest BCUT2D eigenvalue weighted by Gasteiger charge is -2.14. The molecule has 2 atom stereocenters. The molecular weight excluding hydrogens is 248 g/mol. The van der Waals surface area contributed by atoms with Gasteiger partial charge in [-0.1, -0.05) is 17.7 Å². The molecule has 1 aromatic carbocycles. The maximum Gasteiger partial charge on any atom is 0.311 e. The van der Waals surface area contributed by atoms with E-state index >= 15 is 0 Å². The third-order valence-electron chi connectivity index (χ3n) is 2.63. The SMILES string of the molecule is O=C1C[C@@H](C(=O)O)[C@H](c2ccc(O)c(Cl)c2)O1. The molecule has 17 heavy (non-hydrogen) atoms. The molecule has 90 valence electrons. The predicted octanol–water partition coefficient (Wildman–Crippen LogP) is 1.73. The van der Waals surface area contributed by atoms with Crippen LogP contribution < -0.4 is 0 Å². The van der Waals surface area contributed by atoms with E-state index in [1.165, 1.54) is 18.2 Å². The van der Waals surface area contributed by atoms with Crippen LogP contribution in [0.5, 0.6) is 5.75 Å². The van der Waals surface area contributed by atoms with Crippen molar-refractivity contribution in [1.82, 2.24) is 0 Å². The molecule has 0 amide bonds. The molecule has 1 aromatic rings. The lowest BCUT2D eigenvalue weighted by Crippen LogP contribution is -2.17. The van der Waals surface area contributed by atoms with Gasteiger partial charge in [0, 0.05) is 0 Å². The van der Waals surface area contributed by atoms with Gasteiger partial charge in [-0.25, -0.2) is 0 Å². The van der Waals surface area contributed by atoms with E-state index in [1.807, 2.05) is 0 Å². The number of phenols is 1. The first kappa shape index (κ1) is 11.7. The standard InChI is InChI=1S/C11H9ClO5/c12-7-3-5(1-2-8(7)13)10-6(11(15)16)4-9(14)17-10/h1-3,6,10,13H,4H2,(H,15,16)/t6-,10+/m1/s1. The maximum absolute atomic E-state index is 11.1. The van der Waals surface area contributed by atoms with Gasteiger partial charge in [0.25, 0.3) is 0 Å². The quantitative estimate of drug-likeness (QED) is 0.788. The molecule has 0 aliphatic carbocycles. The fourth-order valence-corrected chi connectivity index (χ4v) is 1.96. The second-order valence-corrected chi connectivity index (χ2v) is 4.18. The lowest BCUT2D eigenvalue weighted by atomic mass is 9.95. The number of hydrogen-bond donors (Lipinski definition) is 2. The summed E-state index contributed by atoms with van der Waals surface area (Å²) in [5, 5.41) is 18.3. The van der Waals surface area contributed by atoms with E-state index in [1.54, 1.807) is 0 Å². The number of esters is 1. The Morgan fingerprint density at radius 3 is 2.76 bits per heavy atom. The minimum absolute atomic E-state index is 0.0922. The summed E-state index contributed by atoms with van der Waals surface area (Å²) in [6, 6.07) is 4.22. The molecule has 1 saturated heterocycles. The molecule has 1 aliphatic heterocycles. The molecule has 1 aliphatic rings. The summed E-state index contributed by atoms with van der Waals surface area (Å²) in [6.07, 6.45) is -1.00. The van der Waals surface area contributed by atoms with E-state index in [0.29, 0.717) is 5.56 Å². The van der Waals surface area contributed by atoms with E-state index < -0.39 is 24.0 Å². The second kappa shape index (κ2) is 4.25. The fraction of sp³-hybridized carbons (Fsp3) is 0.273. The molecule has 0 spiro atoms. The minimum Gasteiger partial charge on any atom is -0.506 e. The van der Waals surface area contributed by atoms with Gasteiger partial charge in [0.2, 0.25) is 0 Å². The highest BCUT2D eigenvalue weighted by atomic mass is 35.5. The van der Waals surface area contributed by atoms with Crippen molar-refractivity contribution in [3.63, 3.8) is 0 Å². The zero-order valence-electron chi connectivity index (χ0n) is 8.59. The normalized spacial score (nSPS) is 23.5. The molecule has 5 nitrogen and oxygen atoms in total. The lowest BCUT2D eigenvalue weighted by molar-refractivity contribution is -0.144. The summed E-state index contributed by atoms with van der Waals surface area (Å²) < 4.78 is 4.96. The predicted molar refractivity (Wildman–Crippen MR) is 57.7 cm³/mol. The highest BCUT2D eigenvalue weighted by Crippen LogP contribution is 2.37. The number of aromatic hydroxyl groups is 1.